The number of sulfone groups is 1. The van der Waals surface area contributed by atoms with Crippen molar-refractivity contribution >= 4 is 27.1 Å². The van der Waals surface area contributed by atoms with E-state index in [9.17, 15) is 26.4 Å². The van der Waals surface area contributed by atoms with Gasteiger partial charge in [0, 0.05) is 69.4 Å². The van der Waals surface area contributed by atoms with Gasteiger partial charge in [-0.1, -0.05) is 40.3 Å². The summed E-state index contributed by atoms with van der Waals surface area (Å²) in [4.78, 5) is 18.8. The Kier molecular flexibility index (Phi) is 11.2. The van der Waals surface area contributed by atoms with Gasteiger partial charge in [-0.05, 0) is 67.1 Å². The second-order valence-electron chi connectivity index (χ2n) is 12.5. The highest BCUT2D eigenvalue weighted by Crippen LogP contribution is 2.36. The number of halogens is 3. The number of benzene rings is 2. The number of rotatable bonds is 8. The van der Waals surface area contributed by atoms with E-state index in [2.05, 4.69) is 60.2 Å². The van der Waals surface area contributed by atoms with Crippen LogP contribution in [0.4, 0.5) is 24.5 Å². The largest absolute Gasteiger partial charge is 0.417 e. The minimum Gasteiger partial charge on any atom is -0.382 e. The molecule has 2 saturated heterocycles. The maximum Gasteiger partial charge on any atom is 0.417 e. The molecule has 7 nitrogen and oxygen atoms in total. The van der Waals surface area contributed by atoms with Crippen LogP contribution in [0.15, 0.2) is 47.4 Å². The van der Waals surface area contributed by atoms with Crippen LogP contribution < -0.4 is 10.2 Å². The summed E-state index contributed by atoms with van der Waals surface area (Å²) in [5.41, 5.74) is 1.78. The number of nitrogens with zero attached hydrogens (tertiary/aromatic N) is 3. The average molecular weight is 625 g/mol. The first-order valence-corrected chi connectivity index (χ1v) is 16.5. The van der Waals surface area contributed by atoms with Crippen LogP contribution in [0, 0.1) is 0 Å². The Morgan fingerprint density at radius 1 is 0.930 bits per heavy atom. The zero-order chi connectivity index (χ0) is 30.7. The van der Waals surface area contributed by atoms with Crippen LogP contribution >= 0.6 is 0 Å². The molecule has 2 fully saturated rings. The molecule has 0 saturated carbocycles. The number of carbonyl (C=O) groups excluding carboxylic acids is 1. The number of likely N-dealkylation sites (tertiary alicyclic amines) is 1. The molecule has 2 aliphatic heterocycles. The van der Waals surface area contributed by atoms with E-state index in [4.69, 9.17) is 0 Å². The first-order chi connectivity index (χ1) is 19.6. The third-order valence-electron chi connectivity index (χ3n) is 8.24. The van der Waals surface area contributed by atoms with Gasteiger partial charge < -0.3 is 15.1 Å². The number of hydrogen-bond donors (Lipinski definition) is 1. The van der Waals surface area contributed by atoms with Crippen molar-refractivity contribution in [3.05, 3.63) is 53.6 Å². The average Bonchev–Trinajstić information content (AvgIpc) is 2.92. The SMILES string of the molecule is C.CC(C)(C)c1ccc(N2CCN(CCCC(=O)N3CCC(Nc4ccc(S(C)(=O)=O)c(C(F)(F)F)c4)CC3)CC2)cc1. The van der Waals surface area contributed by atoms with Gasteiger partial charge >= 0.3 is 6.18 Å². The summed E-state index contributed by atoms with van der Waals surface area (Å²) in [7, 11) is -4.02. The van der Waals surface area contributed by atoms with Crippen molar-refractivity contribution in [3.63, 3.8) is 0 Å². The van der Waals surface area contributed by atoms with Crippen LogP contribution in [-0.4, -0.2) is 82.2 Å². The fourth-order valence-corrected chi connectivity index (χ4v) is 6.58. The van der Waals surface area contributed by atoms with Gasteiger partial charge in [-0.3, -0.25) is 9.69 Å². The van der Waals surface area contributed by atoms with Crippen LogP contribution in [0.3, 0.4) is 0 Å². The summed E-state index contributed by atoms with van der Waals surface area (Å²) < 4.78 is 64.1. The van der Waals surface area contributed by atoms with E-state index < -0.39 is 26.5 Å². The second-order valence-corrected chi connectivity index (χ2v) is 14.5. The lowest BCUT2D eigenvalue weighted by molar-refractivity contribution is -0.139. The molecule has 43 heavy (non-hydrogen) atoms. The van der Waals surface area contributed by atoms with Crippen molar-refractivity contribution in [1.82, 2.24) is 9.80 Å². The molecule has 2 aliphatic rings. The molecule has 0 bridgehead atoms. The van der Waals surface area contributed by atoms with Gasteiger partial charge in [-0.25, -0.2) is 8.42 Å². The predicted molar refractivity (Wildman–Crippen MR) is 168 cm³/mol. The minimum absolute atomic E-state index is 0. The van der Waals surface area contributed by atoms with Crippen molar-refractivity contribution < 1.29 is 26.4 Å². The van der Waals surface area contributed by atoms with Crippen LogP contribution in [0.25, 0.3) is 0 Å². The summed E-state index contributed by atoms with van der Waals surface area (Å²) >= 11 is 0. The van der Waals surface area contributed by atoms with Crippen molar-refractivity contribution in [1.29, 1.82) is 0 Å². The van der Waals surface area contributed by atoms with Crippen LogP contribution in [0.1, 0.15) is 65.0 Å². The highest BCUT2D eigenvalue weighted by atomic mass is 32.2. The summed E-state index contributed by atoms with van der Waals surface area (Å²) in [5, 5.41) is 3.10. The molecule has 1 amide bonds. The molecule has 4 rings (SSSR count). The van der Waals surface area contributed by atoms with E-state index >= 15 is 0 Å². The molecule has 2 heterocycles. The van der Waals surface area contributed by atoms with E-state index in [1.54, 1.807) is 0 Å². The van der Waals surface area contributed by atoms with Crippen molar-refractivity contribution in [2.45, 2.75) is 76.4 Å². The summed E-state index contributed by atoms with van der Waals surface area (Å²) in [5.74, 6) is 0.114. The van der Waals surface area contributed by atoms with Crippen LogP contribution in [0.5, 0.6) is 0 Å². The topological polar surface area (TPSA) is 73.0 Å². The summed E-state index contributed by atoms with van der Waals surface area (Å²) in [6.45, 7) is 12.5. The Morgan fingerprint density at radius 2 is 1.53 bits per heavy atom. The molecule has 0 aliphatic carbocycles. The molecule has 0 spiro atoms. The molecular formula is C32H47F3N4O3S. The Bertz CT molecular complexity index is 1330. The zero-order valence-electron chi connectivity index (χ0n) is 25.0. The fraction of sp³-hybridized carbons (Fsp3) is 0.594. The molecular weight excluding hydrogens is 577 g/mol. The smallest absolute Gasteiger partial charge is 0.382 e. The van der Waals surface area contributed by atoms with E-state index in [1.807, 2.05) is 4.90 Å². The van der Waals surface area contributed by atoms with Crippen molar-refractivity contribution in [2.24, 2.45) is 0 Å². The second kappa shape index (κ2) is 13.9. The molecule has 1 N–H and O–H groups in total. The lowest BCUT2D eigenvalue weighted by Crippen LogP contribution is -2.47. The molecule has 0 atom stereocenters. The van der Waals surface area contributed by atoms with Gasteiger partial charge in [-0.2, -0.15) is 13.2 Å². The standard InChI is InChI=1S/C31H43F3N4O3S.CH4/c1-30(2,3)23-7-10-26(11-8-23)37-20-18-36(19-21-37)15-5-6-29(39)38-16-13-24(14-17-38)35-25-9-12-28(42(4,40)41)27(22-25)31(32,33)34;/h7-12,22,24,35H,5-6,13-21H2,1-4H3;1H4. The van der Waals surface area contributed by atoms with Crippen molar-refractivity contribution in [2.75, 3.05) is 62.3 Å². The van der Waals surface area contributed by atoms with E-state index in [0.717, 1.165) is 57.5 Å². The monoisotopic (exact) mass is 624 g/mol. The first kappa shape index (κ1) is 34.7. The van der Waals surface area contributed by atoms with Gasteiger partial charge in [0.25, 0.3) is 0 Å². The summed E-state index contributed by atoms with van der Waals surface area (Å²) in [6.07, 6.45) is -1.51. The van der Waals surface area contributed by atoms with Gasteiger partial charge in [0.05, 0.1) is 10.5 Å². The van der Waals surface area contributed by atoms with Crippen LogP contribution in [-0.2, 0) is 26.2 Å². The quantitative estimate of drug-likeness (QED) is 0.386. The number of alkyl halides is 3. The van der Waals surface area contributed by atoms with E-state index in [1.165, 1.54) is 17.3 Å². The van der Waals surface area contributed by atoms with Crippen LogP contribution in [0.2, 0.25) is 0 Å². The van der Waals surface area contributed by atoms with E-state index in [-0.39, 0.29) is 30.5 Å². The lowest BCUT2D eigenvalue weighted by Gasteiger charge is -2.36. The van der Waals surface area contributed by atoms with Gasteiger partial charge in [0.15, 0.2) is 9.84 Å². The molecule has 2 aromatic rings. The number of amides is 1. The predicted octanol–water partition coefficient (Wildman–Crippen LogP) is 6.05. The molecule has 11 heteroatoms. The van der Waals surface area contributed by atoms with E-state index in [0.29, 0.717) is 32.4 Å². The molecule has 0 aromatic heterocycles. The lowest BCUT2D eigenvalue weighted by atomic mass is 9.87. The number of nitrogens with one attached hydrogen (secondary N) is 1. The number of piperazine rings is 1. The molecule has 240 valence electrons. The Labute approximate surface area is 255 Å². The van der Waals surface area contributed by atoms with Gasteiger partial charge in [0.2, 0.25) is 5.91 Å². The highest BCUT2D eigenvalue weighted by Gasteiger charge is 2.36. The molecule has 0 radical (unpaired) electrons. The number of piperidine rings is 1. The highest BCUT2D eigenvalue weighted by molar-refractivity contribution is 7.90. The Hall–Kier alpha value is -2.79. The first-order valence-electron chi connectivity index (χ1n) is 14.6. The minimum atomic E-state index is -4.78. The fourth-order valence-electron chi connectivity index (χ4n) is 5.69. The Morgan fingerprint density at radius 3 is 2.07 bits per heavy atom. The van der Waals surface area contributed by atoms with Gasteiger partial charge in [-0.15, -0.1) is 0 Å². The molecule has 0 unspecified atom stereocenters. The van der Waals surface area contributed by atoms with Crippen molar-refractivity contribution in [3.8, 4) is 0 Å². The maximum absolute atomic E-state index is 13.5. The summed E-state index contributed by atoms with van der Waals surface area (Å²) in [6, 6.07) is 12.0. The third-order valence-corrected chi connectivity index (χ3v) is 9.39. The van der Waals surface area contributed by atoms with Gasteiger partial charge in [0.1, 0.15) is 0 Å². The number of hydrogen-bond acceptors (Lipinski definition) is 6. The normalized spacial score (nSPS) is 17.5. The maximum atomic E-state index is 13.5. The molecule has 2 aromatic carbocycles. The number of carbonyl (C=O) groups is 1. The Balaban J connectivity index is 0.00000506. The third kappa shape index (κ3) is 9.35. The zero-order valence-corrected chi connectivity index (χ0v) is 25.8. The number of anilines is 2.